The molecule has 0 radical (unpaired) electrons. The summed E-state index contributed by atoms with van der Waals surface area (Å²) in [6, 6.07) is 7.78. The molecule has 2 amide bonds. The molecule has 0 saturated carbocycles. The van der Waals surface area contributed by atoms with Crippen LogP contribution < -0.4 is 10.6 Å². The summed E-state index contributed by atoms with van der Waals surface area (Å²) in [5.74, 6) is 0.723. The number of carbonyl (C=O) groups is 2. The summed E-state index contributed by atoms with van der Waals surface area (Å²) >= 11 is 1.54. The predicted molar refractivity (Wildman–Crippen MR) is 78.3 cm³/mol. The minimum Gasteiger partial charge on any atom is -0.354 e. The van der Waals surface area contributed by atoms with Gasteiger partial charge in [-0.3, -0.25) is 9.59 Å². The van der Waals surface area contributed by atoms with Crippen LogP contribution in [0.3, 0.4) is 0 Å². The van der Waals surface area contributed by atoms with Gasteiger partial charge in [-0.25, -0.2) is 0 Å². The van der Waals surface area contributed by atoms with Crippen molar-refractivity contribution in [2.45, 2.75) is 25.0 Å². The first kappa shape index (κ1) is 13.9. The highest BCUT2D eigenvalue weighted by Gasteiger charge is 2.25. The van der Waals surface area contributed by atoms with Crippen LogP contribution >= 0.6 is 11.8 Å². The van der Waals surface area contributed by atoms with Crippen molar-refractivity contribution in [2.24, 2.45) is 0 Å². The van der Waals surface area contributed by atoms with E-state index < -0.39 is 0 Å². The first-order valence-electron chi connectivity index (χ1n) is 6.47. The van der Waals surface area contributed by atoms with E-state index in [0.29, 0.717) is 6.54 Å². The Bertz CT molecular complexity index is 459. The number of nitrogens with one attached hydrogen (secondary N) is 2. The van der Waals surface area contributed by atoms with Gasteiger partial charge < -0.3 is 10.6 Å². The van der Waals surface area contributed by atoms with E-state index in [1.165, 1.54) is 5.56 Å². The molecule has 1 aromatic carbocycles. The largest absolute Gasteiger partial charge is 0.354 e. The van der Waals surface area contributed by atoms with Gasteiger partial charge in [0, 0.05) is 24.4 Å². The lowest BCUT2D eigenvalue weighted by atomic mass is 10.1. The third-order valence-corrected chi connectivity index (χ3v) is 4.25. The van der Waals surface area contributed by atoms with E-state index in [9.17, 15) is 9.59 Å². The molecule has 4 nitrogen and oxygen atoms in total. The maximum absolute atomic E-state index is 11.9. The summed E-state index contributed by atoms with van der Waals surface area (Å²) in [7, 11) is 0. The molecule has 1 aliphatic heterocycles. The second-order valence-electron chi connectivity index (χ2n) is 4.45. The van der Waals surface area contributed by atoms with Gasteiger partial charge in [0.1, 0.15) is 0 Å². The SMILES string of the molecule is CCc1ccc(NC(=O)C[C@H]2SCCNC2=O)cc1. The van der Waals surface area contributed by atoms with E-state index in [0.717, 1.165) is 17.9 Å². The number of rotatable bonds is 4. The Hall–Kier alpha value is -1.49. The van der Waals surface area contributed by atoms with Crippen molar-refractivity contribution in [3.8, 4) is 0 Å². The van der Waals surface area contributed by atoms with Crippen LogP contribution in [0.15, 0.2) is 24.3 Å². The molecule has 2 rings (SSSR count). The van der Waals surface area contributed by atoms with Crippen molar-refractivity contribution in [1.82, 2.24) is 5.32 Å². The molecule has 1 heterocycles. The maximum atomic E-state index is 11.9. The van der Waals surface area contributed by atoms with E-state index in [1.807, 2.05) is 24.3 Å². The highest BCUT2D eigenvalue weighted by Crippen LogP contribution is 2.19. The molecule has 0 unspecified atom stereocenters. The Balaban J connectivity index is 1.87. The quantitative estimate of drug-likeness (QED) is 0.883. The van der Waals surface area contributed by atoms with Gasteiger partial charge in [-0.1, -0.05) is 19.1 Å². The zero-order chi connectivity index (χ0) is 13.7. The van der Waals surface area contributed by atoms with E-state index >= 15 is 0 Å². The fourth-order valence-electron chi connectivity index (χ4n) is 1.92. The number of benzene rings is 1. The third kappa shape index (κ3) is 3.99. The molecular formula is C14H18N2O2S. The minimum absolute atomic E-state index is 0.0345. The fraction of sp³-hybridized carbons (Fsp3) is 0.429. The lowest BCUT2D eigenvalue weighted by Crippen LogP contribution is -2.40. The maximum Gasteiger partial charge on any atom is 0.233 e. The lowest BCUT2D eigenvalue weighted by molar-refractivity contribution is -0.123. The topological polar surface area (TPSA) is 58.2 Å². The zero-order valence-corrected chi connectivity index (χ0v) is 11.8. The van der Waals surface area contributed by atoms with Gasteiger partial charge in [0.05, 0.1) is 5.25 Å². The number of carbonyl (C=O) groups excluding carboxylic acids is 2. The Labute approximate surface area is 117 Å². The molecule has 1 aliphatic rings. The van der Waals surface area contributed by atoms with Gasteiger partial charge in [0.25, 0.3) is 0 Å². The smallest absolute Gasteiger partial charge is 0.233 e. The number of hydrogen-bond donors (Lipinski definition) is 2. The van der Waals surface area contributed by atoms with Crippen molar-refractivity contribution < 1.29 is 9.59 Å². The Morgan fingerprint density at radius 2 is 2.16 bits per heavy atom. The highest BCUT2D eigenvalue weighted by molar-refractivity contribution is 8.00. The van der Waals surface area contributed by atoms with E-state index in [4.69, 9.17) is 0 Å². The summed E-state index contributed by atoms with van der Waals surface area (Å²) in [5.41, 5.74) is 2.02. The predicted octanol–water partition coefficient (Wildman–Crippen LogP) is 1.81. The molecule has 0 aliphatic carbocycles. The fourth-order valence-corrected chi connectivity index (χ4v) is 2.93. The van der Waals surface area contributed by atoms with Crippen molar-refractivity contribution in [3.63, 3.8) is 0 Å². The monoisotopic (exact) mass is 278 g/mol. The molecule has 0 bridgehead atoms. The highest BCUT2D eigenvalue weighted by atomic mass is 32.2. The van der Waals surface area contributed by atoms with Gasteiger partial charge >= 0.3 is 0 Å². The van der Waals surface area contributed by atoms with Gasteiger partial charge in [0.15, 0.2) is 0 Å². The molecule has 0 aromatic heterocycles. The van der Waals surface area contributed by atoms with Gasteiger partial charge in [-0.15, -0.1) is 11.8 Å². The summed E-state index contributed by atoms with van der Waals surface area (Å²) in [4.78, 5) is 23.4. The van der Waals surface area contributed by atoms with Gasteiger partial charge in [-0.2, -0.15) is 0 Å². The molecule has 1 fully saturated rings. The molecule has 2 N–H and O–H groups in total. The van der Waals surface area contributed by atoms with Crippen molar-refractivity contribution >= 4 is 29.3 Å². The molecule has 0 spiro atoms. The Morgan fingerprint density at radius 3 is 2.79 bits per heavy atom. The van der Waals surface area contributed by atoms with E-state index in [2.05, 4.69) is 17.6 Å². The zero-order valence-electron chi connectivity index (χ0n) is 10.9. The Kier molecular flexibility index (Phi) is 4.85. The van der Waals surface area contributed by atoms with Crippen molar-refractivity contribution in [1.29, 1.82) is 0 Å². The molecule has 102 valence electrons. The number of amides is 2. The molecule has 19 heavy (non-hydrogen) atoms. The average molecular weight is 278 g/mol. The molecular weight excluding hydrogens is 260 g/mol. The molecule has 1 aromatic rings. The standard InChI is InChI=1S/C14H18N2O2S/c1-2-10-3-5-11(6-4-10)16-13(17)9-12-14(18)15-7-8-19-12/h3-6,12H,2,7-9H2,1H3,(H,15,18)(H,16,17)/t12-/m1/s1. The minimum atomic E-state index is -0.260. The van der Waals surface area contributed by atoms with Crippen molar-refractivity contribution in [3.05, 3.63) is 29.8 Å². The average Bonchev–Trinajstić information content (AvgIpc) is 2.42. The van der Waals surface area contributed by atoms with Crippen molar-refractivity contribution in [2.75, 3.05) is 17.6 Å². The summed E-state index contributed by atoms with van der Waals surface area (Å²) in [6.07, 6.45) is 1.21. The van der Waals surface area contributed by atoms with Crippen LogP contribution in [0.4, 0.5) is 5.69 Å². The summed E-state index contributed by atoms with van der Waals surface area (Å²) in [6.45, 7) is 2.78. The Morgan fingerprint density at radius 1 is 1.42 bits per heavy atom. The van der Waals surface area contributed by atoms with E-state index in [-0.39, 0.29) is 23.5 Å². The van der Waals surface area contributed by atoms with Crippen LogP contribution in [0.5, 0.6) is 0 Å². The first-order valence-corrected chi connectivity index (χ1v) is 7.52. The molecule has 1 saturated heterocycles. The van der Waals surface area contributed by atoms with Crippen LogP contribution in [0.1, 0.15) is 18.9 Å². The molecule has 5 heteroatoms. The number of hydrogen-bond acceptors (Lipinski definition) is 3. The van der Waals surface area contributed by atoms with Crippen LogP contribution in [0.25, 0.3) is 0 Å². The summed E-state index contributed by atoms with van der Waals surface area (Å²) in [5, 5.41) is 5.34. The number of anilines is 1. The van der Waals surface area contributed by atoms with Crippen LogP contribution in [0.2, 0.25) is 0 Å². The summed E-state index contributed by atoms with van der Waals surface area (Å²) < 4.78 is 0. The van der Waals surface area contributed by atoms with E-state index in [1.54, 1.807) is 11.8 Å². The second-order valence-corrected chi connectivity index (χ2v) is 5.76. The normalized spacial score (nSPS) is 18.8. The van der Waals surface area contributed by atoms with Crippen LogP contribution in [-0.4, -0.2) is 29.4 Å². The third-order valence-electron chi connectivity index (χ3n) is 3.03. The second kappa shape index (κ2) is 6.61. The lowest BCUT2D eigenvalue weighted by Gasteiger charge is -2.20. The molecule has 1 atom stereocenters. The van der Waals surface area contributed by atoms with Crippen LogP contribution in [-0.2, 0) is 16.0 Å². The van der Waals surface area contributed by atoms with Crippen LogP contribution in [0, 0.1) is 0 Å². The van der Waals surface area contributed by atoms with Gasteiger partial charge in [0.2, 0.25) is 11.8 Å². The number of thioether (sulfide) groups is 1. The number of aryl methyl sites for hydroxylation is 1. The van der Waals surface area contributed by atoms with Gasteiger partial charge in [-0.05, 0) is 24.1 Å². The first-order chi connectivity index (χ1) is 9.19.